The van der Waals surface area contributed by atoms with Gasteiger partial charge in [0.1, 0.15) is 0 Å². The zero-order valence-electron chi connectivity index (χ0n) is 9.22. The molecule has 0 aromatic rings. The molecule has 0 aromatic carbocycles. The maximum absolute atomic E-state index is 9.47. The molecule has 5 nitrogen and oxygen atoms in total. The molecule has 0 saturated heterocycles. The van der Waals surface area contributed by atoms with Gasteiger partial charge in [-0.15, -0.1) is 12.4 Å². The molecule has 0 heterocycles. The van der Waals surface area contributed by atoms with E-state index in [-0.39, 0.29) is 12.4 Å². The van der Waals surface area contributed by atoms with Gasteiger partial charge in [-0.25, -0.2) is 4.57 Å². The topological polar surface area (TPSA) is 78.8 Å². The maximum Gasteiger partial charge on any atom is 0.469 e. The highest BCUT2D eigenvalue weighted by atomic mass is 35.5. The van der Waals surface area contributed by atoms with Crippen LogP contribution in [0.15, 0.2) is 0 Å². The summed E-state index contributed by atoms with van der Waals surface area (Å²) >= 11 is 0. The fraction of sp³-hybridized carbons (Fsp3) is 1.00. The quantitative estimate of drug-likeness (QED) is 0.662. The van der Waals surface area contributed by atoms with Gasteiger partial charge in [0.05, 0.1) is 0 Å². The largest absolute Gasteiger partial charge is 0.469 e. The summed E-state index contributed by atoms with van der Waals surface area (Å²) in [5, 5.41) is 3.31. The lowest BCUT2D eigenvalue weighted by molar-refractivity contribution is 0.235. The second kappa shape index (κ2) is 9.90. The third-order valence-corrected chi connectivity index (χ3v) is 1.38. The second-order valence-corrected chi connectivity index (χ2v) is 4.50. The molecule has 90 valence electrons. The van der Waals surface area contributed by atoms with Crippen LogP contribution in [-0.4, -0.2) is 29.0 Å². The number of hydrogen-bond acceptors (Lipinski definition) is 3. The van der Waals surface area contributed by atoms with Crippen molar-refractivity contribution in [2.75, 3.05) is 7.11 Å². The average Bonchev–Trinajstić information content (AvgIpc) is 1.84. The normalized spacial score (nSPS) is 10.6. The van der Waals surface area contributed by atoms with Crippen molar-refractivity contribution in [2.45, 2.75) is 39.8 Å². The van der Waals surface area contributed by atoms with Crippen molar-refractivity contribution in [1.82, 2.24) is 5.32 Å². The van der Waals surface area contributed by atoms with E-state index in [1.165, 1.54) is 0 Å². The molecule has 0 radical (unpaired) electrons. The molecule has 0 unspecified atom stereocenters. The Bertz CT molecular complexity index is 154. The van der Waals surface area contributed by atoms with Crippen LogP contribution in [0.4, 0.5) is 0 Å². The summed E-state index contributed by atoms with van der Waals surface area (Å²) in [6.45, 7) is 8.61. The Kier molecular flexibility index (Phi) is 14.0. The van der Waals surface area contributed by atoms with Gasteiger partial charge in [-0.05, 0) is 0 Å². The van der Waals surface area contributed by atoms with Crippen molar-refractivity contribution >= 4 is 20.2 Å². The number of phosphoric ester groups is 1. The zero-order chi connectivity index (χ0) is 11.1. The maximum atomic E-state index is 9.47. The molecule has 3 N–H and O–H groups in total. The van der Waals surface area contributed by atoms with E-state index < -0.39 is 7.82 Å². The smallest absolute Gasteiger partial charge is 0.312 e. The number of nitrogens with one attached hydrogen (secondary N) is 1. The molecule has 0 bridgehead atoms. The number of phosphoric acid groups is 1. The highest BCUT2D eigenvalue weighted by molar-refractivity contribution is 7.46. The standard InChI is InChI=1S/C6H15N.CH5O4P.ClH/c1-5(2)7-6(3)4;1-5-6(2,3)4;/h5-7H,1-4H3;1H3,(H2,2,3,4);1H. The van der Waals surface area contributed by atoms with E-state index in [9.17, 15) is 4.57 Å². The summed E-state index contributed by atoms with van der Waals surface area (Å²) in [6.07, 6.45) is 0. The van der Waals surface area contributed by atoms with Crippen LogP contribution in [0.1, 0.15) is 27.7 Å². The van der Waals surface area contributed by atoms with Gasteiger partial charge in [0.2, 0.25) is 0 Å². The van der Waals surface area contributed by atoms with E-state index in [1.54, 1.807) is 0 Å². The molecule has 0 aromatic heterocycles. The van der Waals surface area contributed by atoms with Crippen LogP contribution in [0, 0.1) is 0 Å². The number of halogens is 1. The molecule has 0 amide bonds. The van der Waals surface area contributed by atoms with Crippen molar-refractivity contribution in [1.29, 1.82) is 0 Å². The summed E-state index contributed by atoms with van der Waals surface area (Å²) < 4.78 is 13.1. The van der Waals surface area contributed by atoms with Gasteiger partial charge in [0.15, 0.2) is 0 Å². The third-order valence-electron chi connectivity index (χ3n) is 0.905. The van der Waals surface area contributed by atoms with Crippen molar-refractivity contribution in [2.24, 2.45) is 0 Å². The Hall–Kier alpha value is 0.360. The fourth-order valence-corrected chi connectivity index (χ4v) is 0.667. The number of rotatable bonds is 3. The number of hydrogen-bond donors (Lipinski definition) is 3. The van der Waals surface area contributed by atoms with Gasteiger partial charge in [0, 0.05) is 19.2 Å². The van der Waals surface area contributed by atoms with Crippen LogP contribution in [0.3, 0.4) is 0 Å². The van der Waals surface area contributed by atoms with Crippen LogP contribution in [0.5, 0.6) is 0 Å². The van der Waals surface area contributed by atoms with Gasteiger partial charge in [-0.1, -0.05) is 27.7 Å². The lowest BCUT2D eigenvalue weighted by Gasteiger charge is -2.10. The first-order chi connectivity index (χ1) is 5.69. The molecular formula is C7H21ClNO4P. The first-order valence-electron chi connectivity index (χ1n) is 4.06. The summed E-state index contributed by atoms with van der Waals surface area (Å²) in [5.74, 6) is 0. The Morgan fingerprint density at radius 1 is 1.14 bits per heavy atom. The minimum Gasteiger partial charge on any atom is -0.312 e. The van der Waals surface area contributed by atoms with Gasteiger partial charge >= 0.3 is 7.82 Å². The molecule has 0 atom stereocenters. The third kappa shape index (κ3) is 29.4. The molecule has 0 saturated carbocycles. The van der Waals surface area contributed by atoms with Gasteiger partial charge in [-0.2, -0.15) is 0 Å². The lowest BCUT2D eigenvalue weighted by atomic mass is 10.3. The first kappa shape index (κ1) is 19.9. The van der Waals surface area contributed by atoms with Crippen LogP contribution < -0.4 is 5.32 Å². The van der Waals surface area contributed by atoms with Gasteiger partial charge in [0.25, 0.3) is 0 Å². The van der Waals surface area contributed by atoms with E-state index in [2.05, 4.69) is 37.5 Å². The Labute approximate surface area is 91.9 Å². The lowest BCUT2D eigenvalue weighted by Crippen LogP contribution is -2.29. The zero-order valence-corrected chi connectivity index (χ0v) is 10.9. The average molecular weight is 250 g/mol. The summed E-state index contributed by atoms with van der Waals surface area (Å²) in [4.78, 5) is 15.4. The predicted octanol–water partition coefficient (Wildman–Crippen LogP) is 1.54. The molecule has 0 fully saturated rings. The fourth-order valence-electron chi connectivity index (χ4n) is 0.667. The molecule has 0 spiro atoms. The molecule has 7 heteroatoms. The highest BCUT2D eigenvalue weighted by Crippen LogP contribution is 2.33. The van der Waals surface area contributed by atoms with Crippen LogP contribution in [0.25, 0.3) is 0 Å². The van der Waals surface area contributed by atoms with E-state index in [0.717, 1.165) is 7.11 Å². The van der Waals surface area contributed by atoms with Crippen molar-refractivity contribution in [3.8, 4) is 0 Å². The summed E-state index contributed by atoms with van der Waals surface area (Å²) in [6, 6.07) is 1.25. The molecular weight excluding hydrogens is 229 g/mol. The first-order valence-corrected chi connectivity index (χ1v) is 5.59. The molecule has 14 heavy (non-hydrogen) atoms. The summed E-state index contributed by atoms with van der Waals surface area (Å²) in [7, 11) is -3.20. The van der Waals surface area contributed by atoms with E-state index in [0.29, 0.717) is 12.1 Å². The molecule has 0 rings (SSSR count). The second-order valence-electron chi connectivity index (χ2n) is 3.15. The van der Waals surface area contributed by atoms with Crippen LogP contribution in [0.2, 0.25) is 0 Å². The molecule has 0 aliphatic rings. The Morgan fingerprint density at radius 2 is 1.36 bits per heavy atom. The minimum atomic E-state index is -4.15. The van der Waals surface area contributed by atoms with E-state index in [1.807, 2.05) is 0 Å². The van der Waals surface area contributed by atoms with Crippen LogP contribution in [-0.2, 0) is 9.09 Å². The summed E-state index contributed by atoms with van der Waals surface area (Å²) in [5.41, 5.74) is 0. The Balaban J connectivity index is -0.000000163. The minimum absolute atomic E-state index is 0. The SMILES string of the molecule is CC(C)NC(C)C.COP(=O)(O)O.Cl. The molecule has 0 aliphatic carbocycles. The monoisotopic (exact) mass is 249 g/mol. The van der Waals surface area contributed by atoms with E-state index >= 15 is 0 Å². The van der Waals surface area contributed by atoms with Crippen molar-refractivity contribution in [3.63, 3.8) is 0 Å². The molecule has 0 aliphatic heterocycles. The predicted molar refractivity (Wildman–Crippen MR) is 59.7 cm³/mol. The Morgan fingerprint density at radius 3 is 1.36 bits per heavy atom. The van der Waals surface area contributed by atoms with Crippen LogP contribution >= 0.6 is 20.2 Å². The highest BCUT2D eigenvalue weighted by Gasteiger charge is 2.07. The van der Waals surface area contributed by atoms with Crippen molar-refractivity contribution in [3.05, 3.63) is 0 Å². The van der Waals surface area contributed by atoms with Gasteiger partial charge in [-0.3, -0.25) is 4.52 Å². The van der Waals surface area contributed by atoms with E-state index in [4.69, 9.17) is 9.79 Å². The van der Waals surface area contributed by atoms with Gasteiger partial charge < -0.3 is 15.1 Å². The van der Waals surface area contributed by atoms with Crippen molar-refractivity contribution < 1.29 is 18.9 Å².